The van der Waals surface area contributed by atoms with Gasteiger partial charge in [0.2, 0.25) is 0 Å². The van der Waals surface area contributed by atoms with Crippen LogP contribution in [0.5, 0.6) is 0 Å². The van der Waals surface area contributed by atoms with Crippen LogP contribution in [0.3, 0.4) is 0 Å². The van der Waals surface area contributed by atoms with Gasteiger partial charge in [-0.05, 0) is 26.7 Å². The lowest BCUT2D eigenvalue weighted by molar-refractivity contribution is 1.08. The Kier molecular flexibility index (Phi) is 6.34. The maximum Gasteiger partial charge on any atom is 0.0260 e. The summed E-state index contributed by atoms with van der Waals surface area (Å²) < 4.78 is 0. The molecule has 0 aromatic rings. The van der Waals surface area contributed by atoms with Gasteiger partial charge in [-0.15, -0.1) is 11.6 Å². The van der Waals surface area contributed by atoms with Crippen LogP contribution in [-0.4, -0.2) is 5.88 Å². The second-order valence-electron chi connectivity index (χ2n) is 2.82. The molecule has 0 N–H and O–H groups in total. The van der Waals surface area contributed by atoms with Crippen LogP contribution in [0.1, 0.15) is 33.6 Å². The highest BCUT2D eigenvalue weighted by Crippen LogP contribution is 2.04. The Morgan fingerprint density at radius 2 is 1.73 bits per heavy atom. The lowest BCUT2D eigenvalue weighted by Crippen LogP contribution is -1.77. The Hall–Kier alpha value is -0.230. The van der Waals surface area contributed by atoms with Crippen molar-refractivity contribution < 1.29 is 0 Å². The number of halogens is 1. The highest BCUT2D eigenvalue weighted by Gasteiger charge is 1.85. The van der Waals surface area contributed by atoms with Gasteiger partial charge >= 0.3 is 0 Å². The van der Waals surface area contributed by atoms with E-state index in [1.807, 2.05) is 0 Å². The fourth-order valence-electron chi connectivity index (χ4n) is 0.635. The predicted octanol–water partition coefficient (Wildman–Crippen LogP) is 3.92. The van der Waals surface area contributed by atoms with Gasteiger partial charge in [-0.2, -0.15) is 0 Å². The first-order chi connectivity index (χ1) is 5.20. The Labute approximate surface area is 74.9 Å². The van der Waals surface area contributed by atoms with Gasteiger partial charge in [0, 0.05) is 5.88 Å². The van der Waals surface area contributed by atoms with Gasteiger partial charge in [0.15, 0.2) is 0 Å². The topological polar surface area (TPSA) is 0 Å². The molecule has 0 aliphatic rings. The number of hydrogen-bond acceptors (Lipinski definition) is 0. The SMILES string of the molecule is CC/C(C)=C\C=C(\C)CCCl. The Bertz CT molecular complexity index is 154. The quantitative estimate of drug-likeness (QED) is 0.446. The van der Waals surface area contributed by atoms with E-state index in [9.17, 15) is 0 Å². The van der Waals surface area contributed by atoms with Crippen molar-refractivity contribution in [2.45, 2.75) is 33.6 Å². The zero-order valence-corrected chi connectivity index (χ0v) is 8.41. The molecule has 0 saturated heterocycles. The van der Waals surface area contributed by atoms with Crippen molar-refractivity contribution in [3.05, 3.63) is 23.3 Å². The van der Waals surface area contributed by atoms with Crippen molar-refractivity contribution in [1.82, 2.24) is 0 Å². The van der Waals surface area contributed by atoms with Gasteiger partial charge < -0.3 is 0 Å². The first kappa shape index (κ1) is 10.8. The molecule has 0 aromatic carbocycles. The Morgan fingerprint density at radius 1 is 1.18 bits per heavy atom. The molecule has 0 aliphatic carbocycles. The molecule has 0 spiro atoms. The van der Waals surface area contributed by atoms with Gasteiger partial charge in [-0.1, -0.05) is 30.2 Å². The van der Waals surface area contributed by atoms with E-state index in [4.69, 9.17) is 11.6 Å². The summed E-state index contributed by atoms with van der Waals surface area (Å²) in [7, 11) is 0. The van der Waals surface area contributed by atoms with Crippen LogP contribution in [0.4, 0.5) is 0 Å². The number of rotatable bonds is 4. The lowest BCUT2D eigenvalue weighted by atomic mass is 10.1. The largest absolute Gasteiger partial charge is 0.126 e. The molecule has 64 valence electrons. The third-order valence-corrected chi connectivity index (χ3v) is 1.89. The average molecular weight is 173 g/mol. The lowest BCUT2D eigenvalue weighted by Gasteiger charge is -1.94. The van der Waals surface area contributed by atoms with E-state index in [0.29, 0.717) is 0 Å². The summed E-state index contributed by atoms with van der Waals surface area (Å²) in [6.45, 7) is 6.42. The zero-order chi connectivity index (χ0) is 8.69. The molecule has 0 aliphatic heterocycles. The van der Waals surface area contributed by atoms with Crippen LogP contribution >= 0.6 is 11.6 Å². The van der Waals surface area contributed by atoms with Gasteiger partial charge in [-0.25, -0.2) is 0 Å². The van der Waals surface area contributed by atoms with E-state index in [0.717, 1.165) is 18.7 Å². The molecular weight excluding hydrogens is 156 g/mol. The van der Waals surface area contributed by atoms with Crippen molar-refractivity contribution >= 4 is 11.6 Å². The molecule has 0 saturated carbocycles. The second kappa shape index (κ2) is 6.48. The summed E-state index contributed by atoms with van der Waals surface area (Å²) in [5, 5.41) is 0. The van der Waals surface area contributed by atoms with Crippen LogP contribution in [0, 0.1) is 0 Å². The van der Waals surface area contributed by atoms with Gasteiger partial charge in [0.1, 0.15) is 0 Å². The molecule has 0 atom stereocenters. The van der Waals surface area contributed by atoms with Crippen molar-refractivity contribution in [3.63, 3.8) is 0 Å². The van der Waals surface area contributed by atoms with E-state index in [1.54, 1.807) is 0 Å². The smallest absolute Gasteiger partial charge is 0.0260 e. The van der Waals surface area contributed by atoms with Gasteiger partial charge in [0.25, 0.3) is 0 Å². The standard InChI is InChI=1S/C10H17Cl/c1-4-9(2)5-6-10(3)7-8-11/h5-6H,4,7-8H2,1-3H3/b9-5-,10-6-. The van der Waals surface area contributed by atoms with Crippen LogP contribution in [-0.2, 0) is 0 Å². The maximum absolute atomic E-state index is 5.58. The fraction of sp³-hybridized carbons (Fsp3) is 0.600. The summed E-state index contributed by atoms with van der Waals surface area (Å²) in [5.74, 6) is 0.724. The minimum atomic E-state index is 0.724. The molecule has 0 unspecified atom stereocenters. The third-order valence-electron chi connectivity index (χ3n) is 1.70. The maximum atomic E-state index is 5.58. The summed E-state index contributed by atoms with van der Waals surface area (Å²) in [4.78, 5) is 0. The Morgan fingerprint density at radius 3 is 2.18 bits per heavy atom. The van der Waals surface area contributed by atoms with E-state index in [-0.39, 0.29) is 0 Å². The van der Waals surface area contributed by atoms with Gasteiger partial charge in [0.05, 0.1) is 0 Å². The average Bonchev–Trinajstić information content (AvgIpc) is 2.01. The van der Waals surface area contributed by atoms with Crippen molar-refractivity contribution in [1.29, 1.82) is 0 Å². The number of allylic oxidation sites excluding steroid dienone is 4. The summed E-state index contributed by atoms with van der Waals surface area (Å²) in [6.07, 6.45) is 6.45. The normalized spacial score (nSPS) is 13.8. The zero-order valence-electron chi connectivity index (χ0n) is 7.65. The summed E-state index contributed by atoms with van der Waals surface area (Å²) >= 11 is 5.58. The molecule has 0 heterocycles. The monoisotopic (exact) mass is 172 g/mol. The van der Waals surface area contributed by atoms with E-state index >= 15 is 0 Å². The molecule has 0 rings (SSSR count). The first-order valence-corrected chi connectivity index (χ1v) is 4.63. The first-order valence-electron chi connectivity index (χ1n) is 4.09. The molecule has 0 bridgehead atoms. The van der Waals surface area contributed by atoms with Crippen LogP contribution in [0.2, 0.25) is 0 Å². The number of hydrogen-bond donors (Lipinski definition) is 0. The van der Waals surface area contributed by atoms with E-state index < -0.39 is 0 Å². The summed E-state index contributed by atoms with van der Waals surface area (Å²) in [6, 6.07) is 0. The Balaban J connectivity index is 3.89. The minimum Gasteiger partial charge on any atom is -0.126 e. The summed E-state index contributed by atoms with van der Waals surface area (Å²) in [5.41, 5.74) is 2.77. The predicted molar refractivity (Wildman–Crippen MR) is 53.1 cm³/mol. The van der Waals surface area contributed by atoms with Gasteiger partial charge in [-0.3, -0.25) is 0 Å². The van der Waals surface area contributed by atoms with Crippen LogP contribution in [0.15, 0.2) is 23.3 Å². The van der Waals surface area contributed by atoms with Crippen molar-refractivity contribution in [3.8, 4) is 0 Å². The van der Waals surface area contributed by atoms with E-state index in [1.165, 1.54) is 11.1 Å². The molecule has 0 aromatic heterocycles. The minimum absolute atomic E-state index is 0.724. The molecule has 0 radical (unpaired) electrons. The fourth-order valence-corrected chi connectivity index (χ4v) is 0.933. The van der Waals surface area contributed by atoms with Crippen molar-refractivity contribution in [2.24, 2.45) is 0 Å². The molecule has 0 amide bonds. The van der Waals surface area contributed by atoms with Crippen LogP contribution in [0.25, 0.3) is 0 Å². The van der Waals surface area contributed by atoms with E-state index in [2.05, 4.69) is 32.9 Å². The molecule has 11 heavy (non-hydrogen) atoms. The molecule has 0 nitrogen and oxygen atoms in total. The van der Waals surface area contributed by atoms with Crippen molar-refractivity contribution in [2.75, 3.05) is 5.88 Å². The number of alkyl halides is 1. The van der Waals surface area contributed by atoms with Crippen LogP contribution < -0.4 is 0 Å². The highest BCUT2D eigenvalue weighted by atomic mass is 35.5. The molecule has 1 heteroatoms. The molecule has 0 fully saturated rings. The second-order valence-corrected chi connectivity index (χ2v) is 3.20. The third kappa shape index (κ3) is 6.18. The molecular formula is C10H17Cl. The highest BCUT2D eigenvalue weighted by molar-refractivity contribution is 6.17.